The molecular weight excluding hydrogens is 428 g/mol. The highest BCUT2D eigenvalue weighted by Crippen LogP contribution is 2.14. The van der Waals surface area contributed by atoms with Gasteiger partial charge in [-0.1, -0.05) is 42.0 Å². The van der Waals surface area contributed by atoms with Crippen LogP contribution in [0.15, 0.2) is 78.5 Å². The van der Waals surface area contributed by atoms with Crippen LogP contribution in [0.2, 0.25) is 0 Å². The van der Waals surface area contributed by atoms with Gasteiger partial charge in [-0.3, -0.25) is 9.59 Å². The highest BCUT2D eigenvalue weighted by Gasteiger charge is 2.15. The van der Waals surface area contributed by atoms with Crippen molar-refractivity contribution in [2.45, 2.75) is 13.3 Å². The molecule has 0 bridgehead atoms. The monoisotopic (exact) mass is 454 g/mol. The Balaban J connectivity index is 1.48. The van der Waals surface area contributed by atoms with Crippen molar-refractivity contribution in [2.24, 2.45) is 0 Å². The van der Waals surface area contributed by atoms with Crippen LogP contribution >= 0.6 is 0 Å². The van der Waals surface area contributed by atoms with Gasteiger partial charge < -0.3 is 20.4 Å². The van der Waals surface area contributed by atoms with Gasteiger partial charge >= 0.3 is 0 Å². The highest BCUT2D eigenvalue weighted by molar-refractivity contribution is 6.05. The minimum absolute atomic E-state index is 0.153. The molecule has 2 amide bonds. The van der Waals surface area contributed by atoms with E-state index >= 15 is 0 Å². The summed E-state index contributed by atoms with van der Waals surface area (Å²) in [5.41, 5.74) is 4.27. The van der Waals surface area contributed by atoms with Crippen molar-refractivity contribution in [3.63, 3.8) is 0 Å². The van der Waals surface area contributed by atoms with Crippen LogP contribution in [0.3, 0.4) is 0 Å². The smallest absolute Gasteiger partial charge is 0.267 e. The van der Waals surface area contributed by atoms with Crippen molar-refractivity contribution in [2.75, 3.05) is 13.7 Å². The number of aryl methyl sites for hydroxylation is 1. The molecule has 4 rings (SSSR count). The Morgan fingerprint density at radius 2 is 1.74 bits per heavy atom. The number of aromatic amines is 1. The van der Waals surface area contributed by atoms with E-state index < -0.39 is 0 Å². The van der Waals surface area contributed by atoms with Gasteiger partial charge in [0.15, 0.2) is 0 Å². The van der Waals surface area contributed by atoms with E-state index in [4.69, 9.17) is 4.74 Å². The third-order valence-corrected chi connectivity index (χ3v) is 5.32. The number of fused-ring (bicyclic) bond motifs is 1. The summed E-state index contributed by atoms with van der Waals surface area (Å²) in [6.07, 6.45) is 2.17. The van der Waals surface area contributed by atoms with Crippen molar-refractivity contribution in [1.82, 2.24) is 20.6 Å². The van der Waals surface area contributed by atoms with E-state index in [-0.39, 0.29) is 17.5 Å². The van der Waals surface area contributed by atoms with Gasteiger partial charge in [-0.15, -0.1) is 0 Å². The first kappa shape index (κ1) is 22.8. The molecule has 3 aromatic carbocycles. The average molecular weight is 455 g/mol. The SMILES string of the molecule is COc1ccc(C=C(NC(=O)c2ccc(C)cc2)C(=O)NCCc2nc3ccccc3[nH]2)cc1. The molecule has 0 aliphatic rings. The number of methoxy groups -OCH3 is 1. The lowest BCUT2D eigenvalue weighted by Gasteiger charge is -2.11. The lowest BCUT2D eigenvalue weighted by atomic mass is 10.1. The number of para-hydroxylation sites is 2. The topological polar surface area (TPSA) is 96.1 Å². The Morgan fingerprint density at radius 3 is 2.44 bits per heavy atom. The first-order chi connectivity index (χ1) is 16.5. The van der Waals surface area contributed by atoms with Crippen molar-refractivity contribution in [1.29, 1.82) is 0 Å². The van der Waals surface area contributed by atoms with Crippen LogP contribution in [-0.4, -0.2) is 35.4 Å². The molecule has 34 heavy (non-hydrogen) atoms. The molecule has 172 valence electrons. The van der Waals surface area contributed by atoms with Gasteiger partial charge in [0.05, 0.1) is 18.1 Å². The van der Waals surface area contributed by atoms with Crippen LogP contribution in [0.25, 0.3) is 17.1 Å². The van der Waals surface area contributed by atoms with Gasteiger partial charge in [0.1, 0.15) is 17.3 Å². The molecule has 0 fully saturated rings. The number of carbonyl (C=O) groups is 2. The zero-order valence-corrected chi connectivity index (χ0v) is 19.1. The Bertz CT molecular complexity index is 1290. The molecule has 0 saturated heterocycles. The lowest BCUT2D eigenvalue weighted by molar-refractivity contribution is -0.117. The van der Waals surface area contributed by atoms with E-state index in [9.17, 15) is 9.59 Å². The number of aromatic nitrogens is 2. The number of imidazole rings is 1. The van der Waals surface area contributed by atoms with Crippen LogP contribution in [-0.2, 0) is 11.2 Å². The molecule has 4 aromatic rings. The van der Waals surface area contributed by atoms with Crippen LogP contribution in [0, 0.1) is 6.92 Å². The molecule has 1 heterocycles. The number of benzene rings is 3. The Hall–Kier alpha value is -4.39. The van der Waals surface area contributed by atoms with E-state index in [0.717, 1.165) is 28.0 Å². The summed E-state index contributed by atoms with van der Waals surface area (Å²) in [7, 11) is 1.59. The largest absolute Gasteiger partial charge is 0.497 e. The maximum Gasteiger partial charge on any atom is 0.267 e. The summed E-state index contributed by atoms with van der Waals surface area (Å²) in [5, 5.41) is 5.63. The highest BCUT2D eigenvalue weighted by atomic mass is 16.5. The standard InChI is InChI=1S/C27H26N4O3/c1-18-7-11-20(12-8-18)26(32)31-24(17-19-9-13-21(34-2)14-10-19)27(33)28-16-15-25-29-22-5-3-4-6-23(22)30-25/h3-14,17H,15-16H2,1-2H3,(H,28,33)(H,29,30)(H,31,32). The fourth-order valence-corrected chi connectivity index (χ4v) is 3.44. The van der Waals surface area contributed by atoms with Gasteiger partial charge in [0.25, 0.3) is 11.8 Å². The van der Waals surface area contributed by atoms with Gasteiger partial charge in [-0.2, -0.15) is 0 Å². The van der Waals surface area contributed by atoms with Gasteiger partial charge in [0, 0.05) is 18.5 Å². The second kappa shape index (κ2) is 10.5. The summed E-state index contributed by atoms with van der Waals surface area (Å²) < 4.78 is 5.19. The van der Waals surface area contributed by atoms with E-state index in [1.54, 1.807) is 37.5 Å². The number of hydrogen-bond acceptors (Lipinski definition) is 4. The molecule has 0 unspecified atom stereocenters. The van der Waals surface area contributed by atoms with Gasteiger partial charge in [-0.05, 0) is 55.0 Å². The molecule has 0 aliphatic carbocycles. The third-order valence-electron chi connectivity index (χ3n) is 5.32. The number of amides is 2. The van der Waals surface area contributed by atoms with Crippen molar-refractivity contribution in [3.05, 3.63) is 101 Å². The number of H-pyrrole nitrogens is 1. The Labute approximate surface area is 197 Å². The van der Waals surface area contributed by atoms with E-state index in [0.29, 0.717) is 24.3 Å². The number of carbonyl (C=O) groups excluding carboxylic acids is 2. The molecule has 7 heteroatoms. The minimum Gasteiger partial charge on any atom is -0.497 e. The van der Waals surface area contributed by atoms with Gasteiger partial charge in [0.2, 0.25) is 0 Å². The van der Waals surface area contributed by atoms with Gasteiger partial charge in [-0.25, -0.2) is 4.98 Å². The van der Waals surface area contributed by atoms with E-state index in [1.807, 2.05) is 55.5 Å². The predicted molar refractivity (Wildman–Crippen MR) is 132 cm³/mol. The maximum absolute atomic E-state index is 13.0. The molecule has 0 radical (unpaired) electrons. The predicted octanol–water partition coefficient (Wildman–Crippen LogP) is 4.01. The summed E-state index contributed by atoms with van der Waals surface area (Å²) in [4.78, 5) is 33.6. The zero-order chi connectivity index (χ0) is 23.9. The van der Waals surface area contributed by atoms with Crippen molar-refractivity contribution in [3.8, 4) is 5.75 Å². The second-order valence-corrected chi connectivity index (χ2v) is 7.86. The molecule has 0 atom stereocenters. The Morgan fingerprint density at radius 1 is 1.00 bits per heavy atom. The molecule has 1 aromatic heterocycles. The number of hydrogen-bond donors (Lipinski definition) is 3. The van der Waals surface area contributed by atoms with Crippen LogP contribution < -0.4 is 15.4 Å². The van der Waals surface area contributed by atoms with Crippen LogP contribution in [0.4, 0.5) is 0 Å². The molecule has 3 N–H and O–H groups in total. The molecule has 7 nitrogen and oxygen atoms in total. The summed E-state index contributed by atoms with van der Waals surface area (Å²) in [6, 6.07) is 22.2. The third kappa shape index (κ3) is 5.69. The Kier molecular flexibility index (Phi) is 7.03. The zero-order valence-electron chi connectivity index (χ0n) is 19.1. The summed E-state index contributed by atoms with van der Waals surface area (Å²) in [5.74, 6) is 0.753. The van der Waals surface area contributed by atoms with Crippen LogP contribution in [0.5, 0.6) is 5.75 Å². The first-order valence-corrected chi connectivity index (χ1v) is 11.0. The molecular formula is C27H26N4O3. The normalized spacial score (nSPS) is 11.3. The summed E-state index contributed by atoms with van der Waals surface area (Å²) in [6.45, 7) is 2.31. The second-order valence-electron chi connectivity index (χ2n) is 7.86. The number of ether oxygens (including phenoxy) is 1. The van der Waals surface area contributed by atoms with E-state index in [1.165, 1.54) is 0 Å². The van der Waals surface area contributed by atoms with Crippen molar-refractivity contribution >= 4 is 28.9 Å². The molecule has 0 saturated carbocycles. The molecule has 0 spiro atoms. The fraction of sp³-hybridized carbons (Fsp3) is 0.148. The minimum atomic E-state index is -0.382. The quantitative estimate of drug-likeness (QED) is 0.351. The molecule has 0 aliphatic heterocycles. The average Bonchev–Trinajstić information content (AvgIpc) is 3.27. The number of rotatable bonds is 8. The summed E-state index contributed by atoms with van der Waals surface area (Å²) >= 11 is 0. The lowest BCUT2D eigenvalue weighted by Crippen LogP contribution is -2.35. The van der Waals surface area contributed by atoms with E-state index in [2.05, 4.69) is 20.6 Å². The van der Waals surface area contributed by atoms with Crippen LogP contribution in [0.1, 0.15) is 27.3 Å². The number of nitrogens with zero attached hydrogens (tertiary/aromatic N) is 1. The maximum atomic E-state index is 13.0. The van der Waals surface area contributed by atoms with Crippen molar-refractivity contribution < 1.29 is 14.3 Å². The fourth-order valence-electron chi connectivity index (χ4n) is 3.44. The first-order valence-electron chi connectivity index (χ1n) is 11.0. The number of nitrogens with one attached hydrogen (secondary N) is 3.